The van der Waals surface area contributed by atoms with E-state index in [2.05, 4.69) is 49.2 Å². The quantitative estimate of drug-likeness (QED) is 0.674. The first-order valence-corrected chi connectivity index (χ1v) is 10.6. The van der Waals surface area contributed by atoms with E-state index in [1.165, 1.54) is 16.7 Å². The van der Waals surface area contributed by atoms with E-state index in [-0.39, 0.29) is 17.9 Å². The van der Waals surface area contributed by atoms with Crippen molar-refractivity contribution in [2.45, 2.75) is 46.2 Å². The molecule has 1 saturated heterocycles. The standard InChI is InChI=1S/C23H28Cl2N2O/c1-15-7-8-19(16(2)13-15)17(3)26-23(28)18-9-11-27(12-10-18)14-20-21(24)5-4-6-22(20)25/h4-8,13,17-18H,9-12,14H2,1-3H3,(H,26,28). The SMILES string of the molecule is Cc1ccc(C(C)NC(=O)C2CCN(Cc3c(Cl)cccc3Cl)CC2)c(C)c1. The van der Waals surface area contributed by atoms with Gasteiger partial charge in [0.05, 0.1) is 6.04 Å². The lowest BCUT2D eigenvalue weighted by Gasteiger charge is -2.32. The number of hydrogen-bond acceptors (Lipinski definition) is 2. The van der Waals surface area contributed by atoms with Crippen LogP contribution in [0.15, 0.2) is 36.4 Å². The van der Waals surface area contributed by atoms with Gasteiger partial charge in [0.1, 0.15) is 0 Å². The van der Waals surface area contributed by atoms with Gasteiger partial charge in [-0.1, -0.05) is 53.0 Å². The summed E-state index contributed by atoms with van der Waals surface area (Å²) in [6.07, 6.45) is 1.71. The molecule has 1 fully saturated rings. The van der Waals surface area contributed by atoms with Crippen molar-refractivity contribution < 1.29 is 4.79 Å². The maximum Gasteiger partial charge on any atom is 0.223 e. The Morgan fingerprint density at radius 2 is 1.79 bits per heavy atom. The molecule has 3 nitrogen and oxygen atoms in total. The Bertz CT molecular complexity index is 824. The second-order valence-corrected chi connectivity index (χ2v) is 8.66. The number of aryl methyl sites for hydroxylation is 2. The van der Waals surface area contributed by atoms with Crippen molar-refractivity contribution in [3.63, 3.8) is 0 Å². The number of hydrogen-bond donors (Lipinski definition) is 1. The fraction of sp³-hybridized carbons (Fsp3) is 0.435. The highest BCUT2D eigenvalue weighted by molar-refractivity contribution is 6.35. The Balaban J connectivity index is 1.53. The van der Waals surface area contributed by atoms with Gasteiger partial charge in [0.15, 0.2) is 0 Å². The zero-order valence-electron chi connectivity index (χ0n) is 16.8. The van der Waals surface area contributed by atoms with E-state index in [1.807, 2.05) is 18.2 Å². The number of carbonyl (C=O) groups excluding carboxylic acids is 1. The second-order valence-electron chi connectivity index (χ2n) is 7.84. The number of nitrogens with zero attached hydrogens (tertiary/aromatic N) is 1. The van der Waals surface area contributed by atoms with Gasteiger partial charge in [-0.05, 0) is 70.0 Å². The molecule has 0 aliphatic carbocycles. The van der Waals surface area contributed by atoms with Crippen LogP contribution < -0.4 is 5.32 Å². The van der Waals surface area contributed by atoms with E-state index in [9.17, 15) is 4.79 Å². The summed E-state index contributed by atoms with van der Waals surface area (Å²) in [4.78, 5) is 15.1. The molecule has 1 unspecified atom stereocenters. The molecule has 2 aromatic carbocycles. The number of amides is 1. The fourth-order valence-corrected chi connectivity index (χ4v) is 4.50. The molecule has 1 aliphatic rings. The molecule has 1 heterocycles. The molecule has 0 aromatic heterocycles. The van der Waals surface area contributed by atoms with Gasteiger partial charge in [-0.2, -0.15) is 0 Å². The molecule has 0 spiro atoms. The highest BCUT2D eigenvalue weighted by Gasteiger charge is 2.26. The van der Waals surface area contributed by atoms with Crippen molar-refractivity contribution in [1.29, 1.82) is 0 Å². The third-order valence-corrected chi connectivity index (χ3v) is 6.36. The molecule has 28 heavy (non-hydrogen) atoms. The maximum atomic E-state index is 12.8. The predicted octanol–water partition coefficient (Wildman–Crippen LogP) is 5.70. The number of halogens is 2. The first-order valence-electron chi connectivity index (χ1n) is 9.88. The van der Waals surface area contributed by atoms with Crippen molar-refractivity contribution >= 4 is 29.1 Å². The number of carbonyl (C=O) groups is 1. The van der Waals surface area contributed by atoms with E-state index >= 15 is 0 Å². The number of piperidine rings is 1. The molecule has 1 atom stereocenters. The second kappa shape index (κ2) is 9.30. The van der Waals surface area contributed by atoms with Crippen LogP contribution in [0, 0.1) is 19.8 Å². The average molecular weight is 419 g/mol. The Hall–Kier alpha value is -1.55. The summed E-state index contributed by atoms with van der Waals surface area (Å²) in [5.74, 6) is 0.217. The highest BCUT2D eigenvalue weighted by atomic mass is 35.5. The lowest BCUT2D eigenvalue weighted by atomic mass is 9.94. The van der Waals surface area contributed by atoms with Crippen LogP contribution in [-0.2, 0) is 11.3 Å². The minimum absolute atomic E-state index is 0.0214. The minimum atomic E-state index is 0.0214. The monoisotopic (exact) mass is 418 g/mol. The summed E-state index contributed by atoms with van der Waals surface area (Å²) in [7, 11) is 0. The third-order valence-electron chi connectivity index (χ3n) is 5.65. The molecule has 150 valence electrons. The van der Waals surface area contributed by atoms with Gasteiger partial charge >= 0.3 is 0 Å². The van der Waals surface area contributed by atoms with E-state index in [1.54, 1.807) is 0 Å². The first-order chi connectivity index (χ1) is 13.3. The summed E-state index contributed by atoms with van der Waals surface area (Å²) in [6, 6.07) is 12.0. The van der Waals surface area contributed by atoms with Gasteiger partial charge in [0.25, 0.3) is 0 Å². The number of likely N-dealkylation sites (tertiary alicyclic amines) is 1. The fourth-order valence-electron chi connectivity index (χ4n) is 3.98. The molecule has 0 radical (unpaired) electrons. The maximum absolute atomic E-state index is 12.8. The van der Waals surface area contributed by atoms with E-state index in [0.717, 1.165) is 38.0 Å². The van der Waals surface area contributed by atoms with Gasteiger partial charge < -0.3 is 5.32 Å². The predicted molar refractivity (Wildman–Crippen MR) is 117 cm³/mol. The molecule has 0 saturated carbocycles. The van der Waals surface area contributed by atoms with Crippen molar-refractivity contribution in [3.05, 3.63) is 68.7 Å². The Morgan fingerprint density at radius 1 is 1.14 bits per heavy atom. The van der Waals surface area contributed by atoms with Crippen LogP contribution in [0.1, 0.15) is 48.1 Å². The number of rotatable bonds is 5. The lowest BCUT2D eigenvalue weighted by Crippen LogP contribution is -2.41. The average Bonchev–Trinajstić information content (AvgIpc) is 2.65. The van der Waals surface area contributed by atoms with Crippen LogP contribution in [0.25, 0.3) is 0 Å². The van der Waals surface area contributed by atoms with Crippen LogP contribution in [0.2, 0.25) is 10.0 Å². The van der Waals surface area contributed by atoms with Gasteiger partial charge in [-0.25, -0.2) is 0 Å². The topological polar surface area (TPSA) is 32.3 Å². The zero-order chi connectivity index (χ0) is 20.3. The molecule has 5 heteroatoms. The van der Waals surface area contributed by atoms with Gasteiger partial charge in [-0.15, -0.1) is 0 Å². The molecule has 1 N–H and O–H groups in total. The molecule has 1 aliphatic heterocycles. The number of benzene rings is 2. The molecule has 0 bridgehead atoms. The molecule has 3 rings (SSSR count). The van der Waals surface area contributed by atoms with E-state index in [4.69, 9.17) is 23.2 Å². The Labute approximate surface area is 178 Å². The van der Waals surface area contributed by atoms with Crippen LogP contribution in [-0.4, -0.2) is 23.9 Å². The molecular formula is C23H28Cl2N2O. The molecule has 1 amide bonds. The van der Waals surface area contributed by atoms with Gasteiger partial charge in [0, 0.05) is 28.1 Å². The van der Waals surface area contributed by atoms with Crippen molar-refractivity contribution in [2.24, 2.45) is 5.92 Å². The highest BCUT2D eigenvalue weighted by Crippen LogP contribution is 2.28. The van der Waals surface area contributed by atoms with Gasteiger partial charge in [-0.3, -0.25) is 9.69 Å². The summed E-state index contributed by atoms with van der Waals surface area (Å²) >= 11 is 12.6. The summed E-state index contributed by atoms with van der Waals surface area (Å²) < 4.78 is 0. The Kier molecular flexibility index (Phi) is 7.03. The summed E-state index contributed by atoms with van der Waals surface area (Å²) in [6.45, 7) is 8.72. The largest absolute Gasteiger partial charge is 0.349 e. The van der Waals surface area contributed by atoms with Crippen LogP contribution in [0.4, 0.5) is 0 Å². The summed E-state index contributed by atoms with van der Waals surface area (Å²) in [5.41, 5.74) is 4.62. The smallest absolute Gasteiger partial charge is 0.223 e. The van der Waals surface area contributed by atoms with Crippen molar-refractivity contribution in [3.8, 4) is 0 Å². The van der Waals surface area contributed by atoms with Gasteiger partial charge in [0.2, 0.25) is 5.91 Å². The van der Waals surface area contributed by atoms with Crippen LogP contribution in [0.3, 0.4) is 0 Å². The van der Waals surface area contributed by atoms with Crippen molar-refractivity contribution in [1.82, 2.24) is 10.2 Å². The normalized spacial score (nSPS) is 16.8. The Morgan fingerprint density at radius 3 is 2.39 bits per heavy atom. The van der Waals surface area contributed by atoms with Crippen molar-refractivity contribution in [2.75, 3.05) is 13.1 Å². The van der Waals surface area contributed by atoms with E-state index < -0.39 is 0 Å². The zero-order valence-corrected chi connectivity index (χ0v) is 18.3. The van der Waals surface area contributed by atoms with Crippen LogP contribution in [0.5, 0.6) is 0 Å². The molecular weight excluding hydrogens is 391 g/mol. The summed E-state index contributed by atoms with van der Waals surface area (Å²) in [5, 5.41) is 4.62. The third kappa shape index (κ3) is 5.08. The van der Waals surface area contributed by atoms with Crippen LogP contribution >= 0.6 is 23.2 Å². The number of nitrogens with one attached hydrogen (secondary N) is 1. The van der Waals surface area contributed by atoms with E-state index in [0.29, 0.717) is 10.0 Å². The molecule has 2 aromatic rings. The first kappa shape index (κ1) is 21.2. The minimum Gasteiger partial charge on any atom is -0.349 e. The lowest BCUT2D eigenvalue weighted by molar-refractivity contribution is -0.127.